The lowest BCUT2D eigenvalue weighted by Gasteiger charge is -2.21. The number of benzene rings is 4. The Hall–Kier alpha value is -4.14. The summed E-state index contributed by atoms with van der Waals surface area (Å²) < 4.78 is 15.4. The van der Waals surface area contributed by atoms with Gasteiger partial charge in [-0.1, -0.05) is 91.0 Å². The molecule has 0 spiro atoms. The molecule has 5 rings (SSSR count). The van der Waals surface area contributed by atoms with Gasteiger partial charge in [0.05, 0.1) is 11.7 Å². The average molecular weight is 600 g/mol. The Kier molecular flexibility index (Phi) is 9.56. The molecular formula is C33H31ClFN5OS. The molecule has 9 heteroatoms. The molecule has 1 aromatic heterocycles. The van der Waals surface area contributed by atoms with E-state index in [-0.39, 0.29) is 11.8 Å². The first kappa shape index (κ1) is 29.4. The maximum atomic E-state index is 13.5. The number of hydrogen-bond acceptors (Lipinski definition) is 4. The quantitative estimate of drug-likeness (QED) is 0.158. The second kappa shape index (κ2) is 13.7. The van der Waals surface area contributed by atoms with Gasteiger partial charge in [0.1, 0.15) is 5.82 Å². The van der Waals surface area contributed by atoms with Gasteiger partial charge in [-0.2, -0.15) is 0 Å². The lowest BCUT2D eigenvalue weighted by atomic mass is 10.0. The number of halogens is 2. The Labute approximate surface area is 254 Å². The number of thioether (sulfide) groups is 1. The second-order valence-electron chi connectivity index (χ2n) is 9.91. The Morgan fingerprint density at radius 3 is 2.36 bits per heavy atom. The van der Waals surface area contributed by atoms with E-state index in [4.69, 9.17) is 11.6 Å². The lowest BCUT2D eigenvalue weighted by molar-refractivity contribution is 0.247. The molecule has 4 aromatic carbocycles. The first-order valence-electron chi connectivity index (χ1n) is 13.7. The van der Waals surface area contributed by atoms with Gasteiger partial charge in [-0.3, -0.25) is 4.57 Å². The summed E-state index contributed by atoms with van der Waals surface area (Å²) in [6, 6.07) is 28.9. The minimum Gasteiger partial charge on any atom is -0.327 e. The molecule has 1 atom stereocenters. The van der Waals surface area contributed by atoms with E-state index in [9.17, 15) is 9.18 Å². The molecule has 5 aromatic rings. The van der Waals surface area contributed by atoms with Gasteiger partial charge in [-0.05, 0) is 72.0 Å². The topological polar surface area (TPSA) is 71.8 Å². The summed E-state index contributed by atoms with van der Waals surface area (Å²) in [6.45, 7) is 4.09. The summed E-state index contributed by atoms with van der Waals surface area (Å²) in [5.74, 6) is 0.851. The highest BCUT2D eigenvalue weighted by Gasteiger charge is 2.26. The summed E-state index contributed by atoms with van der Waals surface area (Å²) in [5, 5.41) is 16.5. The first-order valence-corrected chi connectivity index (χ1v) is 15.1. The van der Waals surface area contributed by atoms with Gasteiger partial charge in [0.15, 0.2) is 11.0 Å². The molecule has 0 saturated carbocycles. The predicted octanol–water partition coefficient (Wildman–Crippen LogP) is 8.33. The van der Waals surface area contributed by atoms with Crippen LogP contribution in [0.4, 0.5) is 14.9 Å². The number of aryl methyl sites for hydroxylation is 2. The van der Waals surface area contributed by atoms with Gasteiger partial charge in [0.25, 0.3) is 0 Å². The highest BCUT2D eigenvalue weighted by Crippen LogP contribution is 2.31. The largest absolute Gasteiger partial charge is 0.327 e. The highest BCUT2D eigenvalue weighted by atomic mass is 35.5. The van der Waals surface area contributed by atoms with Crippen molar-refractivity contribution in [1.29, 1.82) is 0 Å². The van der Waals surface area contributed by atoms with Crippen molar-refractivity contribution in [2.45, 2.75) is 43.6 Å². The maximum Gasteiger partial charge on any atom is 0.319 e. The number of rotatable bonds is 10. The number of carbonyl (C=O) groups excluding carboxylic acids is 1. The number of hydrogen-bond donors (Lipinski definition) is 2. The van der Waals surface area contributed by atoms with Gasteiger partial charge in [-0.25, -0.2) is 9.18 Å². The van der Waals surface area contributed by atoms with Gasteiger partial charge in [0, 0.05) is 22.9 Å². The molecular weight excluding hydrogens is 569 g/mol. The zero-order valence-corrected chi connectivity index (χ0v) is 24.9. The third kappa shape index (κ3) is 7.38. The second-order valence-corrected chi connectivity index (χ2v) is 11.3. The number of nitrogens with zero attached hydrogens (tertiary/aromatic N) is 3. The van der Waals surface area contributed by atoms with Crippen LogP contribution in [0.2, 0.25) is 5.02 Å². The van der Waals surface area contributed by atoms with E-state index in [1.165, 1.54) is 29.5 Å². The number of aromatic nitrogens is 3. The highest BCUT2D eigenvalue weighted by molar-refractivity contribution is 7.98. The van der Waals surface area contributed by atoms with Crippen molar-refractivity contribution in [3.05, 3.63) is 136 Å². The minimum atomic E-state index is -0.520. The van der Waals surface area contributed by atoms with Gasteiger partial charge in [-0.15, -0.1) is 10.2 Å². The SMILES string of the molecule is CCc1ccc(NC(=O)NC(Cc2ccccc2)c2nnc(SCc3ccc(F)cc3)n2-c2cc(Cl)ccc2C)cc1. The molecule has 42 heavy (non-hydrogen) atoms. The molecule has 2 N–H and O–H groups in total. The first-order chi connectivity index (χ1) is 20.4. The third-order valence-corrected chi connectivity index (χ3v) is 8.11. The zero-order valence-electron chi connectivity index (χ0n) is 23.4. The van der Waals surface area contributed by atoms with E-state index >= 15 is 0 Å². The fourth-order valence-electron chi connectivity index (χ4n) is 4.58. The van der Waals surface area contributed by atoms with Crippen LogP contribution in [0.5, 0.6) is 0 Å². The van der Waals surface area contributed by atoms with E-state index < -0.39 is 6.04 Å². The number of amides is 2. The van der Waals surface area contributed by atoms with Crippen molar-refractivity contribution in [3.8, 4) is 5.69 Å². The van der Waals surface area contributed by atoms with Crippen LogP contribution in [0.3, 0.4) is 0 Å². The number of anilines is 1. The summed E-state index contributed by atoms with van der Waals surface area (Å²) in [6.07, 6.45) is 1.41. The predicted molar refractivity (Wildman–Crippen MR) is 168 cm³/mol. The maximum absolute atomic E-state index is 13.5. The van der Waals surface area contributed by atoms with Gasteiger partial charge < -0.3 is 10.6 Å². The van der Waals surface area contributed by atoms with Gasteiger partial charge >= 0.3 is 6.03 Å². The van der Waals surface area contributed by atoms with Crippen molar-refractivity contribution >= 4 is 35.1 Å². The fourth-order valence-corrected chi connectivity index (χ4v) is 5.66. The molecule has 0 radical (unpaired) electrons. The number of nitrogens with one attached hydrogen (secondary N) is 2. The Morgan fingerprint density at radius 1 is 0.929 bits per heavy atom. The summed E-state index contributed by atoms with van der Waals surface area (Å²) in [5.41, 5.74) is 5.67. The molecule has 1 unspecified atom stereocenters. The fraction of sp³-hybridized carbons (Fsp3) is 0.182. The van der Waals surface area contributed by atoms with Crippen LogP contribution >= 0.6 is 23.4 Å². The van der Waals surface area contributed by atoms with E-state index in [1.54, 1.807) is 12.1 Å². The molecule has 0 aliphatic heterocycles. The summed E-state index contributed by atoms with van der Waals surface area (Å²) in [7, 11) is 0. The molecule has 0 bridgehead atoms. The zero-order chi connectivity index (χ0) is 29.5. The lowest BCUT2D eigenvalue weighted by Crippen LogP contribution is -2.35. The smallest absolute Gasteiger partial charge is 0.319 e. The Balaban J connectivity index is 1.51. The normalized spacial score (nSPS) is 11.7. The van der Waals surface area contributed by atoms with Crippen LogP contribution in [0, 0.1) is 12.7 Å². The molecule has 6 nitrogen and oxygen atoms in total. The Bertz CT molecular complexity index is 1640. The van der Waals surface area contributed by atoms with Crippen LogP contribution in [0.15, 0.2) is 102 Å². The van der Waals surface area contributed by atoms with Crippen LogP contribution in [-0.2, 0) is 18.6 Å². The molecule has 0 saturated heterocycles. The van der Waals surface area contributed by atoms with Crippen molar-refractivity contribution < 1.29 is 9.18 Å². The van der Waals surface area contributed by atoms with Crippen LogP contribution in [0.25, 0.3) is 5.69 Å². The van der Waals surface area contributed by atoms with Crippen LogP contribution in [-0.4, -0.2) is 20.8 Å². The minimum absolute atomic E-state index is 0.279. The van der Waals surface area contributed by atoms with E-state index in [0.29, 0.717) is 33.9 Å². The average Bonchev–Trinajstić information content (AvgIpc) is 3.42. The van der Waals surface area contributed by atoms with Crippen molar-refractivity contribution in [3.63, 3.8) is 0 Å². The standard InChI is InChI=1S/C33H31ClFN5OS/c1-3-23-12-17-28(18-13-23)36-32(41)37-29(19-24-7-5-4-6-8-24)31-38-39-33(42-21-25-10-15-27(35)16-11-25)40(31)30-20-26(34)14-9-22(30)2/h4-18,20,29H,3,19,21H2,1-2H3,(H2,36,37,41). The van der Waals surface area contributed by atoms with Gasteiger partial charge in [0.2, 0.25) is 0 Å². The third-order valence-electron chi connectivity index (χ3n) is 6.87. The molecule has 0 aliphatic rings. The van der Waals surface area contributed by atoms with E-state index in [2.05, 4.69) is 27.8 Å². The summed E-state index contributed by atoms with van der Waals surface area (Å²) >= 11 is 7.94. The monoisotopic (exact) mass is 599 g/mol. The van der Waals surface area contributed by atoms with Crippen LogP contribution in [0.1, 0.15) is 41.0 Å². The van der Waals surface area contributed by atoms with Crippen LogP contribution < -0.4 is 10.6 Å². The number of urea groups is 1. The van der Waals surface area contributed by atoms with Crippen molar-refractivity contribution in [2.24, 2.45) is 0 Å². The summed E-state index contributed by atoms with van der Waals surface area (Å²) in [4.78, 5) is 13.3. The van der Waals surface area contributed by atoms with E-state index in [1.807, 2.05) is 84.3 Å². The molecule has 0 aliphatic carbocycles. The molecule has 214 valence electrons. The number of carbonyl (C=O) groups is 1. The molecule has 0 fully saturated rings. The molecule has 1 heterocycles. The van der Waals surface area contributed by atoms with Crippen molar-refractivity contribution in [1.82, 2.24) is 20.1 Å². The van der Waals surface area contributed by atoms with E-state index in [0.717, 1.165) is 28.8 Å². The Morgan fingerprint density at radius 2 is 1.64 bits per heavy atom. The molecule has 2 amide bonds. The van der Waals surface area contributed by atoms with Crippen molar-refractivity contribution in [2.75, 3.05) is 5.32 Å².